The largest absolute Gasteiger partial charge is 0.291 e. The van der Waals surface area contributed by atoms with Crippen molar-refractivity contribution in [3.8, 4) is 0 Å². The highest BCUT2D eigenvalue weighted by Gasteiger charge is 2.07. The minimum atomic E-state index is 1.37. The highest BCUT2D eigenvalue weighted by molar-refractivity contribution is 14.1. The third-order valence-corrected chi connectivity index (χ3v) is 3.68. The molecule has 0 N–H and O–H groups in total. The Morgan fingerprint density at radius 1 is 0.900 bits per heavy atom. The van der Waals surface area contributed by atoms with Crippen molar-refractivity contribution < 1.29 is 0 Å². The first-order chi connectivity index (χ1) is 4.55. The first-order valence-corrected chi connectivity index (χ1v) is 4.33. The molecule has 1 nitrogen and oxygen atoms in total. The van der Waals surface area contributed by atoms with Crippen molar-refractivity contribution in [2.24, 2.45) is 0 Å². The van der Waals surface area contributed by atoms with Gasteiger partial charge in [-0.1, -0.05) is 0 Å². The van der Waals surface area contributed by atoms with Crippen LogP contribution in [-0.4, -0.2) is 2.78 Å². The van der Waals surface area contributed by atoms with Gasteiger partial charge in [0.1, 0.15) is 0 Å². The van der Waals surface area contributed by atoms with Gasteiger partial charge in [0, 0.05) is 11.4 Å². The molecule has 1 heterocycles. The van der Waals surface area contributed by atoms with Crippen LogP contribution in [0, 0.1) is 27.7 Å². The maximum Gasteiger partial charge on any atom is 0.0639 e. The van der Waals surface area contributed by atoms with Gasteiger partial charge in [0.2, 0.25) is 0 Å². The van der Waals surface area contributed by atoms with E-state index in [1.807, 2.05) is 0 Å². The summed E-state index contributed by atoms with van der Waals surface area (Å²) >= 11 is 2.33. The summed E-state index contributed by atoms with van der Waals surface area (Å²) < 4.78 is 2.21. The van der Waals surface area contributed by atoms with Crippen LogP contribution in [-0.2, 0) is 0 Å². The molecule has 0 saturated heterocycles. The number of nitrogens with zero attached hydrogens (tertiary/aromatic N) is 1. The summed E-state index contributed by atoms with van der Waals surface area (Å²) in [6.07, 6.45) is 0. The van der Waals surface area contributed by atoms with Crippen LogP contribution in [0.1, 0.15) is 22.5 Å². The van der Waals surface area contributed by atoms with E-state index in [9.17, 15) is 0 Å². The standard InChI is InChI=1S/C8H12IN/c1-5-6(2)8(4)10(9)7(5)3/h1-4H3. The fourth-order valence-corrected chi connectivity index (χ4v) is 1.81. The second kappa shape index (κ2) is 2.57. The molecule has 2 heteroatoms. The van der Waals surface area contributed by atoms with E-state index < -0.39 is 0 Å². The Labute approximate surface area is 75.9 Å². The van der Waals surface area contributed by atoms with Crippen molar-refractivity contribution in [2.45, 2.75) is 27.7 Å². The molecule has 0 aliphatic carbocycles. The van der Waals surface area contributed by atoms with Crippen molar-refractivity contribution in [3.63, 3.8) is 0 Å². The molecule has 0 atom stereocenters. The summed E-state index contributed by atoms with van der Waals surface area (Å²) in [5.74, 6) is 0. The Kier molecular flexibility index (Phi) is 2.08. The van der Waals surface area contributed by atoms with Crippen molar-refractivity contribution in [1.29, 1.82) is 0 Å². The zero-order chi connectivity index (χ0) is 7.89. The molecule has 0 aliphatic heterocycles. The molecule has 0 spiro atoms. The molecule has 10 heavy (non-hydrogen) atoms. The topological polar surface area (TPSA) is 4.93 Å². The average Bonchev–Trinajstić information content (AvgIpc) is 2.07. The Morgan fingerprint density at radius 3 is 1.30 bits per heavy atom. The summed E-state index contributed by atoms with van der Waals surface area (Å²) in [7, 11) is 0. The predicted octanol–water partition coefficient (Wildman–Crippen LogP) is 2.92. The predicted molar refractivity (Wildman–Crippen MR) is 52.8 cm³/mol. The Balaban J connectivity index is 3.44. The lowest BCUT2D eigenvalue weighted by atomic mass is 10.2. The van der Waals surface area contributed by atoms with Gasteiger partial charge in [0.15, 0.2) is 0 Å². The van der Waals surface area contributed by atoms with E-state index >= 15 is 0 Å². The van der Waals surface area contributed by atoms with E-state index in [-0.39, 0.29) is 0 Å². The second-order valence-corrected chi connectivity index (χ2v) is 3.67. The SMILES string of the molecule is Cc1c(C)c(C)n(I)c1C. The van der Waals surface area contributed by atoms with Crippen molar-refractivity contribution in [1.82, 2.24) is 2.78 Å². The van der Waals surface area contributed by atoms with Gasteiger partial charge in [0.25, 0.3) is 0 Å². The minimum absolute atomic E-state index is 1.37. The van der Waals surface area contributed by atoms with E-state index in [0.29, 0.717) is 0 Å². The molecule has 0 aliphatic rings. The minimum Gasteiger partial charge on any atom is -0.291 e. The van der Waals surface area contributed by atoms with E-state index in [1.165, 1.54) is 22.5 Å². The van der Waals surface area contributed by atoms with Gasteiger partial charge >= 0.3 is 0 Å². The van der Waals surface area contributed by atoms with E-state index in [4.69, 9.17) is 0 Å². The highest BCUT2D eigenvalue weighted by Crippen LogP contribution is 2.21. The molecule has 1 aromatic heterocycles. The van der Waals surface area contributed by atoms with Crippen LogP contribution in [0.4, 0.5) is 0 Å². The summed E-state index contributed by atoms with van der Waals surface area (Å²) in [5.41, 5.74) is 5.59. The highest BCUT2D eigenvalue weighted by atomic mass is 127. The van der Waals surface area contributed by atoms with Gasteiger partial charge in [0.05, 0.1) is 22.9 Å². The molecule has 56 valence electrons. The molecule has 0 radical (unpaired) electrons. The van der Waals surface area contributed by atoms with Gasteiger partial charge in [-0.25, -0.2) is 0 Å². The van der Waals surface area contributed by atoms with Crippen LogP contribution in [0.3, 0.4) is 0 Å². The van der Waals surface area contributed by atoms with Crippen LogP contribution in [0.15, 0.2) is 0 Å². The second-order valence-electron chi connectivity index (χ2n) is 2.70. The number of halogens is 1. The Hall–Kier alpha value is 0.01000. The Morgan fingerprint density at radius 2 is 1.20 bits per heavy atom. The number of hydrogen-bond donors (Lipinski definition) is 0. The van der Waals surface area contributed by atoms with Gasteiger partial charge in [-0.15, -0.1) is 0 Å². The summed E-state index contributed by atoms with van der Waals surface area (Å²) in [6.45, 7) is 8.66. The lowest BCUT2D eigenvalue weighted by Crippen LogP contribution is -1.84. The van der Waals surface area contributed by atoms with E-state index in [1.54, 1.807) is 0 Å². The molecular formula is C8H12IN. The molecule has 0 saturated carbocycles. The lowest BCUT2D eigenvalue weighted by Gasteiger charge is -1.94. The zero-order valence-electron chi connectivity index (χ0n) is 6.83. The van der Waals surface area contributed by atoms with Crippen LogP contribution in [0.5, 0.6) is 0 Å². The first kappa shape index (κ1) is 8.11. The maximum atomic E-state index is 2.33. The summed E-state index contributed by atoms with van der Waals surface area (Å²) in [4.78, 5) is 0. The van der Waals surface area contributed by atoms with Gasteiger partial charge in [-0.05, 0) is 38.8 Å². The zero-order valence-corrected chi connectivity index (χ0v) is 8.98. The van der Waals surface area contributed by atoms with Crippen molar-refractivity contribution in [2.75, 3.05) is 0 Å². The van der Waals surface area contributed by atoms with Crippen LogP contribution >= 0.6 is 22.9 Å². The fraction of sp³-hybridized carbons (Fsp3) is 0.500. The molecule has 0 bridgehead atoms. The molecule has 0 amide bonds. The quantitative estimate of drug-likeness (QED) is 0.623. The number of aromatic nitrogens is 1. The fourth-order valence-electron chi connectivity index (χ4n) is 1.09. The van der Waals surface area contributed by atoms with Crippen LogP contribution in [0.2, 0.25) is 0 Å². The summed E-state index contributed by atoms with van der Waals surface area (Å²) in [5, 5.41) is 0. The molecule has 1 rings (SSSR count). The Bertz CT molecular complexity index is 180. The first-order valence-electron chi connectivity index (χ1n) is 3.37. The van der Waals surface area contributed by atoms with Gasteiger partial charge in [-0.2, -0.15) is 0 Å². The van der Waals surface area contributed by atoms with Gasteiger partial charge in [-0.3, -0.25) is 2.78 Å². The lowest BCUT2D eigenvalue weighted by molar-refractivity contribution is 1.14. The molecule has 0 fully saturated rings. The van der Waals surface area contributed by atoms with Crippen LogP contribution in [0.25, 0.3) is 0 Å². The third-order valence-electron chi connectivity index (χ3n) is 2.24. The van der Waals surface area contributed by atoms with Crippen molar-refractivity contribution >= 4 is 22.9 Å². The number of hydrogen-bond acceptors (Lipinski definition) is 0. The third kappa shape index (κ3) is 0.983. The maximum absolute atomic E-state index is 2.33. The van der Waals surface area contributed by atoms with Crippen LogP contribution < -0.4 is 0 Å². The van der Waals surface area contributed by atoms with E-state index in [0.717, 1.165) is 0 Å². The smallest absolute Gasteiger partial charge is 0.0639 e. The van der Waals surface area contributed by atoms with Gasteiger partial charge < -0.3 is 0 Å². The monoisotopic (exact) mass is 249 g/mol. The summed E-state index contributed by atoms with van der Waals surface area (Å²) in [6, 6.07) is 0. The molecule has 0 aromatic carbocycles. The van der Waals surface area contributed by atoms with Crippen molar-refractivity contribution in [3.05, 3.63) is 22.5 Å². The average molecular weight is 249 g/mol. The molecule has 1 aromatic rings. The number of rotatable bonds is 0. The molecule has 0 unspecified atom stereocenters. The van der Waals surface area contributed by atoms with E-state index in [2.05, 4.69) is 53.3 Å². The molecular weight excluding hydrogens is 237 g/mol. The normalized spacial score (nSPS) is 10.5.